The molecule has 3 aromatic carbocycles. The molecule has 0 radical (unpaired) electrons. The Labute approximate surface area is 181 Å². The monoisotopic (exact) mass is 416 g/mol. The van der Waals surface area contributed by atoms with E-state index in [0.29, 0.717) is 31.0 Å². The number of carbonyl (C=O) groups is 2. The molecule has 1 aliphatic rings. The van der Waals surface area contributed by atoms with Crippen molar-refractivity contribution < 1.29 is 19.1 Å². The van der Waals surface area contributed by atoms with Crippen molar-refractivity contribution in [3.8, 4) is 11.5 Å². The lowest BCUT2D eigenvalue weighted by atomic mass is 10.2. The third kappa shape index (κ3) is 5.63. The van der Waals surface area contributed by atoms with Gasteiger partial charge in [-0.15, -0.1) is 0 Å². The van der Waals surface area contributed by atoms with Gasteiger partial charge in [0.1, 0.15) is 18.1 Å². The second-order valence-electron chi connectivity index (χ2n) is 7.28. The Balaban J connectivity index is 1.26. The molecule has 2 amide bonds. The molecule has 0 saturated carbocycles. The fourth-order valence-corrected chi connectivity index (χ4v) is 3.38. The molecule has 1 fully saturated rings. The summed E-state index contributed by atoms with van der Waals surface area (Å²) in [6.45, 7) is 1.08. The number of rotatable bonds is 8. The summed E-state index contributed by atoms with van der Waals surface area (Å²) in [7, 11) is 0. The SMILES string of the molecule is O=C(COc1cccc(N2CCCC2=O)c1)Nc1ccc(OCc2ccccc2)cc1. The van der Waals surface area contributed by atoms with Crippen LogP contribution in [0, 0.1) is 0 Å². The zero-order valence-electron chi connectivity index (χ0n) is 17.1. The number of nitrogens with zero attached hydrogens (tertiary/aromatic N) is 1. The lowest BCUT2D eigenvalue weighted by Crippen LogP contribution is -2.24. The van der Waals surface area contributed by atoms with Crippen LogP contribution < -0.4 is 19.7 Å². The molecule has 1 aliphatic heterocycles. The van der Waals surface area contributed by atoms with E-state index in [-0.39, 0.29) is 18.4 Å². The summed E-state index contributed by atoms with van der Waals surface area (Å²) < 4.78 is 11.4. The van der Waals surface area contributed by atoms with E-state index in [4.69, 9.17) is 9.47 Å². The predicted octanol–water partition coefficient (Wildman–Crippen LogP) is 4.41. The van der Waals surface area contributed by atoms with E-state index in [1.165, 1.54) is 0 Å². The Hall–Kier alpha value is -3.80. The first-order chi connectivity index (χ1) is 15.2. The second-order valence-corrected chi connectivity index (χ2v) is 7.28. The molecule has 1 heterocycles. The number of ether oxygens (including phenoxy) is 2. The van der Waals surface area contributed by atoms with E-state index in [0.717, 1.165) is 23.4 Å². The number of nitrogens with one attached hydrogen (secondary N) is 1. The first-order valence-corrected chi connectivity index (χ1v) is 10.3. The van der Waals surface area contributed by atoms with Gasteiger partial charge in [0.05, 0.1) is 0 Å². The van der Waals surface area contributed by atoms with Gasteiger partial charge in [-0.05, 0) is 48.4 Å². The van der Waals surface area contributed by atoms with Gasteiger partial charge in [0.2, 0.25) is 5.91 Å². The van der Waals surface area contributed by atoms with Crippen molar-refractivity contribution in [2.75, 3.05) is 23.4 Å². The van der Waals surface area contributed by atoms with Gasteiger partial charge in [-0.1, -0.05) is 36.4 Å². The lowest BCUT2D eigenvalue weighted by Gasteiger charge is -2.16. The molecule has 6 heteroatoms. The van der Waals surface area contributed by atoms with E-state index in [2.05, 4.69) is 5.32 Å². The van der Waals surface area contributed by atoms with Crippen molar-refractivity contribution >= 4 is 23.2 Å². The Morgan fingerprint density at radius 1 is 0.903 bits per heavy atom. The third-order valence-electron chi connectivity index (χ3n) is 4.96. The van der Waals surface area contributed by atoms with Crippen LogP contribution in [0.4, 0.5) is 11.4 Å². The van der Waals surface area contributed by atoms with Crippen molar-refractivity contribution in [2.45, 2.75) is 19.4 Å². The molecule has 1 N–H and O–H groups in total. The normalized spacial score (nSPS) is 13.2. The highest BCUT2D eigenvalue weighted by Crippen LogP contribution is 2.25. The Bertz CT molecular complexity index is 1030. The molecule has 6 nitrogen and oxygen atoms in total. The smallest absolute Gasteiger partial charge is 0.262 e. The molecule has 0 unspecified atom stereocenters. The summed E-state index contributed by atoms with van der Waals surface area (Å²) in [6.07, 6.45) is 1.44. The topological polar surface area (TPSA) is 67.9 Å². The summed E-state index contributed by atoms with van der Waals surface area (Å²) in [5.41, 5.74) is 2.55. The zero-order valence-corrected chi connectivity index (χ0v) is 17.1. The van der Waals surface area contributed by atoms with Gasteiger partial charge in [0, 0.05) is 30.4 Å². The second kappa shape index (κ2) is 9.80. The molecule has 31 heavy (non-hydrogen) atoms. The van der Waals surface area contributed by atoms with Crippen LogP contribution in [-0.4, -0.2) is 25.0 Å². The predicted molar refractivity (Wildman–Crippen MR) is 119 cm³/mol. The molecular formula is C25H24N2O4. The highest BCUT2D eigenvalue weighted by Gasteiger charge is 2.21. The Morgan fingerprint density at radius 2 is 1.71 bits per heavy atom. The van der Waals surface area contributed by atoms with Crippen LogP contribution in [-0.2, 0) is 16.2 Å². The van der Waals surface area contributed by atoms with Gasteiger partial charge in [-0.3, -0.25) is 9.59 Å². The molecular weight excluding hydrogens is 392 g/mol. The molecule has 0 aliphatic carbocycles. The van der Waals surface area contributed by atoms with Crippen molar-refractivity contribution in [3.05, 3.63) is 84.4 Å². The van der Waals surface area contributed by atoms with E-state index >= 15 is 0 Å². The summed E-state index contributed by atoms with van der Waals surface area (Å²) in [5, 5.41) is 2.81. The van der Waals surface area contributed by atoms with E-state index in [1.807, 2.05) is 54.6 Å². The fraction of sp³-hybridized carbons (Fsp3) is 0.200. The average Bonchev–Trinajstić information content (AvgIpc) is 3.24. The van der Waals surface area contributed by atoms with Gasteiger partial charge >= 0.3 is 0 Å². The van der Waals surface area contributed by atoms with Gasteiger partial charge < -0.3 is 19.7 Å². The maximum absolute atomic E-state index is 12.2. The number of anilines is 2. The van der Waals surface area contributed by atoms with Gasteiger partial charge in [0.25, 0.3) is 5.91 Å². The minimum absolute atomic E-state index is 0.117. The number of benzene rings is 3. The van der Waals surface area contributed by atoms with Gasteiger partial charge in [-0.2, -0.15) is 0 Å². The summed E-state index contributed by atoms with van der Waals surface area (Å²) in [4.78, 5) is 25.9. The molecule has 4 rings (SSSR count). The van der Waals surface area contributed by atoms with Crippen LogP contribution in [0.15, 0.2) is 78.9 Å². The number of hydrogen-bond acceptors (Lipinski definition) is 4. The van der Waals surface area contributed by atoms with Crippen molar-refractivity contribution in [3.63, 3.8) is 0 Å². The summed E-state index contributed by atoms with van der Waals surface area (Å²) in [5.74, 6) is 1.13. The highest BCUT2D eigenvalue weighted by atomic mass is 16.5. The highest BCUT2D eigenvalue weighted by molar-refractivity contribution is 5.95. The molecule has 1 saturated heterocycles. The van der Waals surface area contributed by atoms with Crippen LogP contribution in [0.2, 0.25) is 0 Å². The number of hydrogen-bond donors (Lipinski definition) is 1. The van der Waals surface area contributed by atoms with Gasteiger partial charge in [0.15, 0.2) is 6.61 Å². The zero-order chi connectivity index (χ0) is 21.5. The minimum Gasteiger partial charge on any atom is -0.489 e. The first kappa shape index (κ1) is 20.5. The Kier molecular flexibility index (Phi) is 6.47. The summed E-state index contributed by atoms with van der Waals surface area (Å²) >= 11 is 0. The fourth-order valence-electron chi connectivity index (χ4n) is 3.38. The maximum Gasteiger partial charge on any atom is 0.262 e. The molecule has 0 aromatic heterocycles. The largest absolute Gasteiger partial charge is 0.489 e. The lowest BCUT2D eigenvalue weighted by molar-refractivity contribution is -0.118. The van der Waals surface area contributed by atoms with Crippen molar-refractivity contribution in [1.29, 1.82) is 0 Å². The van der Waals surface area contributed by atoms with E-state index < -0.39 is 0 Å². The maximum atomic E-state index is 12.2. The quantitative estimate of drug-likeness (QED) is 0.591. The first-order valence-electron chi connectivity index (χ1n) is 10.3. The van der Waals surface area contributed by atoms with Crippen LogP contribution in [0.3, 0.4) is 0 Å². The third-order valence-corrected chi connectivity index (χ3v) is 4.96. The number of carbonyl (C=O) groups excluding carboxylic acids is 2. The minimum atomic E-state index is -0.263. The summed E-state index contributed by atoms with van der Waals surface area (Å²) in [6, 6.07) is 24.4. The van der Waals surface area contributed by atoms with Crippen LogP contribution in [0.25, 0.3) is 0 Å². The Morgan fingerprint density at radius 3 is 2.45 bits per heavy atom. The van der Waals surface area contributed by atoms with E-state index in [9.17, 15) is 9.59 Å². The van der Waals surface area contributed by atoms with Crippen molar-refractivity contribution in [1.82, 2.24) is 0 Å². The average molecular weight is 416 g/mol. The van der Waals surface area contributed by atoms with Crippen LogP contribution in [0.1, 0.15) is 18.4 Å². The molecule has 158 valence electrons. The van der Waals surface area contributed by atoms with E-state index in [1.54, 1.807) is 29.2 Å². The standard InChI is InChI=1S/C25H24N2O4/c28-24(18-31-23-9-4-8-21(16-23)27-15-5-10-25(27)29)26-20-11-13-22(14-12-20)30-17-19-6-2-1-3-7-19/h1-4,6-9,11-14,16H,5,10,15,17-18H2,(H,26,28). The van der Waals surface area contributed by atoms with Crippen LogP contribution in [0.5, 0.6) is 11.5 Å². The molecule has 3 aromatic rings. The van der Waals surface area contributed by atoms with Gasteiger partial charge in [-0.25, -0.2) is 0 Å². The van der Waals surface area contributed by atoms with Crippen molar-refractivity contribution in [2.24, 2.45) is 0 Å². The molecule has 0 spiro atoms. The van der Waals surface area contributed by atoms with Crippen LogP contribution >= 0.6 is 0 Å². The molecule has 0 bridgehead atoms. The number of amides is 2. The molecule has 0 atom stereocenters.